The van der Waals surface area contributed by atoms with Crippen LogP contribution in [0.3, 0.4) is 0 Å². The lowest BCUT2D eigenvalue weighted by atomic mass is 9.78. The number of aliphatic hydroxyl groups excluding tert-OH is 1. The molecule has 39 heavy (non-hydrogen) atoms. The van der Waals surface area contributed by atoms with Crippen molar-refractivity contribution in [2.24, 2.45) is 22.2 Å². The predicted octanol–water partition coefficient (Wildman–Crippen LogP) is 4.83. The van der Waals surface area contributed by atoms with Gasteiger partial charge in [-0.3, -0.25) is 19.3 Å². The predicted molar refractivity (Wildman–Crippen MR) is 154 cm³/mol. The van der Waals surface area contributed by atoms with Gasteiger partial charge in [0.15, 0.2) is 5.78 Å². The molecular weight excluding hydrogens is 490 g/mol. The van der Waals surface area contributed by atoms with Crippen molar-refractivity contribution in [1.82, 2.24) is 20.0 Å². The van der Waals surface area contributed by atoms with Crippen LogP contribution in [0.4, 0.5) is 0 Å². The first-order chi connectivity index (χ1) is 18.1. The van der Waals surface area contributed by atoms with E-state index >= 15 is 0 Å². The maximum atomic E-state index is 13.9. The fraction of sp³-hybridized carbons (Fsp3) is 0.677. The first-order valence-electron chi connectivity index (χ1n) is 14.4. The van der Waals surface area contributed by atoms with Crippen molar-refractivity contribution in [1.29, 1.82) is 0 Å². The molecule has 8 heteroatoms. The first-order valence-corrected chi connectivity index (χ1v) is 14.4. The number of aliphatic hydroxyl groups is 1. The molecule has 4 unspecified atom stereocenters. The Bertz CT molecular complexity index is 1180. The Kier molecular flexibility index (Phi) is 8.27. The van der Waals surface area contributed by atoms with Crippen molar-refractivity contribution in [2.45, 2.75) is 111 Å². The van der Waals surface area contributed by atoms with Gasteiger partial charge in [-0.25, -0.2) is 0 Å². The summed E-state index contributed by atoms with van der Waals surface area (Å²) in [6.07, 6.45) is 10.8. The molecule has 0 bridgehead atoms. The molecule has 4 rings (SSSR count). The molecule has 2 fully saturated rings. The molecule has 0 saturated heterocycles. The summed E-state index contributed by atoms with van der Waals surface area (Å²) in [4.78, 5) is 34.2. The van der Waals surface area contributed by atoms with E-state index in [1.165, 1.54) is 0 Å². The van der Waals surface area contributed by atoms with E-state index in [-0.39, 0.29) is 34.7 Å². The van der Waals surface area contributed by atoms with E-state index in [2.05, 4.69) is 68.1 Å². The van der Waals surface area contributed by atoms with Crippen molar-refractivity contribution < 1.29 is 14.7 Å². The third kappa shape index (κ3) is 6.89. The van der Waals surface area contributed by atoms with Gasteiger partial charge >= 0.3 is 0 Å². The molecule has 2 saturated carbocycles. The lowest BCUT2D eigenvalue weighted by Crippen LogP contribution is -2.48. The number of rotatable bonds is 7. The van der Waals surface area contributed by atoms with Crippen LogP contribution < -0.4 is 5.32 Å². The molecule has 2 aliphatic carbocycles. The van der Waals surface area contributed by atoms with Crippen LogP contribution in [0.2, 0.25) is 0 Å². The average molecular weight is 538 g/mol. The van der Waals surface area contributed by atoms with Crippen molar-refractivity contribution in [2.75, 3.05) is 6.54 Å². The van der Waals surface area contributed by atoms with E-state index in [0.29, 0.717) is 31.7 Å². The standard InChI is InChI=1S/C31H47N5O3/c1-19(25-17-36(31(6,7)8)34-20(25)2)33-29(39)24-16-23(37)12-11-22(24)15-27(38)28(30(3,4)5)35-14-13-32-26(18-35)21-9-10-21/h13,15,17-19,21,23-24,28,37H,9-12,14,16H2,1-8H3,(H,33,39)/b22-15-. The Morgan fingerprint density at radius 2 is 1.85 bits per heavy atom. The Morgan fingerprint density at radius 1 is 1.15 bits per heavy atom. The van der Waals surface area contributed by atoms with Crippen LogP contribution in [-0.2, 0) is 15.1 Å². The lowest BCUT2D eigenvalue weighted by Gasteiger charge is -2.39. The van der Waals surface area contributed by atoms with Crippen LogP contribution >= 0.6 is 0 Å². The monoisotopic (exact) mass is 537 g/mol. The van der Waals surface area contributed by atoms with Gasteiger partial charge in [-0.15, -0.1) is 0 Å². The molecule has 3 aliphatic rings. The summed E-state index contributed by atoms with van der Waals surface area (Å²) < 4.78 is 1.93. The Hall–Kier alpha value is -2.74. The Balaban J connectivity index is 1.55. The van der Waals surface area contributed by atoms with Crippen molar-refractivity contribution in [3.63, 3.8) is 0 Å². The van der Waals surface area contributed by atoms with Crippen molar-refractivity contribution in [3.05, 3.63) is 41.0 Å². The SMILES string of the molecule is Cc1nn(C(C)(C)C)cc1C(C)NC(=O)C1CC(O)CC/C1=C/C(=O)C(N1C=C(C2CC2)N=CC1)C(C)(C)C. The van der Waals surface area contributed by atoms with Gasteiger partial charge in [-0.2, -0.15) is 5.10 Å². The number of ketones is 1. The second kappa shape index (κ2) is 11.0. The molecule has 2 heterocycles. The Morgan fingerprint density at radius 3 is 2.44 bits per heavy atom. The fourth-order valence-corrected chi connectivity index (χ4v) is 5.75. The van der Waals surface area contributed by atoms with Gasteiger partial charge in [0.25, 0.3) is 0 Å². The summed E-state index contributed by atoms with van der Waals surface area (Å²) in [5.74, 6) is -0.188. The minimum atomic E-state index is -0.561. The number of nitrogens with one attached hydrogen (secondary N) is 1. The minimum Gasteiger partial charge on any atom is -0.393 e. The quantitative estimate of drug-likeness (QED) is 0.485. The highest BCUT2D eigenvalue weighted by atomic mass is 16.3. The number of hydrogen-bond donors (Lipinski definition) is 2. The molecule has 8 nitrogen and oxygen atoms in total. The number of allylic oxidation sites excluding steroid dienone is 1. The summed E-state index contributed by atoms with van der Waals surface area (Å²) in [5, 5.41) is 18.3. The van der Waals surface area contributed by atoms with E-state index in [0.717, 1.165) is 35.4 Å². The van der Waals surface area contributed by atoms with Gasteiger partial charge in [-0.05, 0) is 78.2 Å². The molecule has 0 spiro atoms. The number of carbonyl (C=O) groups is 2. The smallest absolute Gasteiger partial charge is 0.227 e. The van der Waals surface area contributed by atoms with E-state index in [1.54, 1.807) is 6.08 Å². The molecule has 4 atom stereocenters. The van der Waals surface area contributed by atoms with Crippen LogP contribution in [-0.4, -0.2) is 56.4 Å². The molecule has 1 aliphatic heterocycles. The molecule has 1 amide bonds. The third-order valence-corrected chi connectivity index (χ3v) is 8.06. The summed E-state index contributed by atoms with van der Waals surface area (Å²) in [6, 6.07) is -0.614. The summed E-state index contributed by atoms with van der Waals surface area (Å²) in [5.41, 5.74) is 3.25. The van der Waals surface area contributed by atoms with Gasteiger partial charge in [0.1, 0.15) is 0 Å². The molecule has 1 aromatic rings. The maximum absolute atomic E-state index is 13.9. The van der Waals surface area contributed by atoms with Crippen LogP contribution in [0.15, 0.2) is 34.7 Å². The number of aromatic nitrogens is 2. The summed E-state index contributed by atoms with van der Waals surface area (Å²) in [6.45, 7) is 17.0. The number of nitrogens with zero attached hydrogens (tertiary/aromatic N) is 4. The van der Waals surface area contributed by atoms with E-state index in [1.807, 2.05) is 30.9 Å². The second-order valence-corrected chi connectivity index (χ2v) is 13.7. The normalized spacial score (nSPS) is 24.9. The molecule has 214 valence electrons. The highest BCUT2D eigenvalue weighted by molar-refractivity contribution is 5.97. The fourth-order valence-electron chi connectivity index (χ4n) is 5.75. The zero-order chi connectivity index (χ0) is 28.7. The summed E-state index contributed by atoms with van der Waals surface area (Å²) >= 11 is 0. The number of hydrogen-bond acceptors (Lipinski definition) is 6. The molecule has 0 radical (unpaired) electrons. The van der Waals surface area contributed by atoms with Crippen molar-refractivity contribution >= 4 is 17.9 Å². The number of aryl methyl sites for hydroxylation is 1. The zero-order valence-electron chi connectivity index (χ0n) is 25.0. The van der Waals surface area contributed by atoms with E-state index in [4.69, 9.17) is 0 Å². The van der Waals surface area contributed by atoms with Gasteiger partial charge in [0, 0.05) is 30.1 Å². The van der Waals surface area contributed by atoms with Gasteiger partial charge in [-0.1, -0.05) is 26.3 Å². The van der Waals surface area contributed by atoms with E-state index < -0.39 is 12.0 Å². The molecule has 0 aromatic carbocycles. The minimum absolute atomic E-state index is 0.00346. The maximum Gasteiger partial charge on any atom is 0.227 e. The number of amides is 1. The van der Waals surface area contributed by atoms with Crippen molar-refractivity contribution in [3.8, 4) is 0 Å². The number of carbonyl (C=O) groups excluding carboxylic acids is 2. The number of aliphatic imine (C=N–C) groups is 1. The Labute approximate surface area is 233 Å². The zero-order valence-corrected chi connectivity index (χ0v) is 25.0. The van der Waals surface area contributed by atoms with Crippen LogP contribution in [0.5, 0.6) is 0 Å². The van der Waals surface area contributed by atoms with Crippen LogP contribution in [0, 0.1) is 24.2 Å². The lowest BCUT2D eigenvalue weighted by molar-refractivity contribution is -0.126. The molecular formula is C31H47N5O3. The van der Waals surface area contributed by atoms with Gasteiger partial charge < -0.3 is 15.3 Å². The first kappa shape index (κ1) is 29.2. The highest BCUT2D eigenvalue weighted by Gasteiger charge is 2.38. The van der Waals surface area contributed by atoms with Crippen LogP contribution in [0.25, 0.3) is 0 Å². The highest BCUT2D eigenvalue weighted by Crippen LogP contribution is 2.39. The molecule has 1 aromatic heterocycles. The van der Waals surface area contributed by atoms with Gasteiger partial charge in [0.2, 0.25) is 5.91 Å². The second-order valence-electron chi connectivity index (χ2n) is 13.7. The van der Waals surface area contributed by atoms with Crippen LogP contribution in [0.1, 0.15) is 97.9 Å². The largest absolute Gasteiger partial charge is 0.393 e. The third-order valence-electron chi connectivity index (χ3n) is 8.06. The average Bonchev–Trinajstić information content (AvgIpc) is 3.59. The van der Waals surface area contributed by atoms with E-state index in [9.17, 15) is 14.7 Å². The molecule has 2 N–H and O–H groups in total. The topological polar surface area (TPSA) is 99.8 Å². The summed E-state index contributed by atoms with van der Waals surface area (Å²) in [7, 11) is 0. The van der Waals surface area contributed by atoms with Gasteiger partial charge in [0.05, 0.1) is 47.6 Å².